The van der Waals surface area contributed by atoms with Gasteiger partial charge in [0.2, 0.25) is 0 Å². The van der Waals surface area contributed by atoms with E-state index >= 15 is 0 Å². The maximum Gasteiger partial charge on any atom is 0.0852 e. The fourth-order valence-electron chi connectivity index (χ4n) is 3.40. The molecule has 2 aliphatic carbocycles. The standard InChI is InChI=1S/C14H18O2/c15-11-5-7-14(8-6-11)9-10-3-1-2-4-12(10)13(14)16/h1-4,11,13,15-16H,5-9H2/t11?,13-,14?/m1/s1. The molecule has 3 rings (SSSR count). The molecule has 0 amide bonds. The normalized spacial score (nSPS) is 37.6. The second-order valence-corrected chi connectivity index (χ2v) is 5.37. The Hall–Kier alpha value is -0.860. The molecule has 1 aromatic carbocycles. The smallest absolute Gasteiger partial charge is 0.0852 e. The number of hydrogen-bond acceptors (Lipinski definition) is 2. The number of hydrogen-bond donors (Lipinski definition) is 2. The molecule has 2 aliphatic rings. The van der Waals surface area contributed by atoms with E-state index in [0.29, 0.717) is 0 Å². The van der Waals surface area contributed by atoms with Crippen molar-refractivity contribution >= 4 is 0 Å². The molecule has 0 saturated heterocycles. The van der Waals surface area contributed by atoms with Crippen molar-refractivity contribution in [3.8, 4) is 0 Å². The highest BCUT2D eigenvalue weighted by Gasteiger charge is 2.46. The number of aliphatic hydroxyl groups excluding tert-OH is 2. The summed E-state index contributed by atoms with van der Waals surface area (Å²) >= 11 is 0. The van der Waals surface area contributed by atoms with Gasteiger partial charge in [0.25, 0.3) is 0 Å². The van der Waals surface area contributed by atoms with E-state index < -0.39 is 0 Å². The zero-order valence-corrected chi connectivity index (χ0v) is 9.39. The van der Waals surface area contributed by atoms with Gasteiger partial charge in [-0.25, -0.2) is 0 Å². The lowest BCUT2D eigenvalue weighted by Crippen LogP contribution is -2.33. The molecule has 1 spiro atoms. The van der Waals surface area contributed by atoms with Crippen molar-refractivity contribution in [3.05, 3.63) is 35.4 Å². The lowest BCUT2D eigenvalue weighted by Gasteiger charge is -2.38. The Kier molecular flexibility index (Phi) is 2.30. The maximum atomic E-state index is 10.5. The van der Waals surface area contributed by atoms with E-state index in [0.717, 1.165) is 37.7 Å². The lowest BCUT2D eigenvalue weighted by atomic mass is 9.70. The number of aliphatic hydroxyl groups is 2. The lowest BCUT2D eigenvalue weighted by molar-refractivity contribution is -0.0221. The van der Waals surface area contributed by atoms with Crippen molar-refractivity contribution in [2.75, 3.05) is 0 Å². The van der Waals surface area contributed by atoms with Crippen LogP contribution >= 0.6 is 0 Å². The van der Waals surface area contributed by atoms with E-state index in [1.165, 1.54) is 5.56 Å². The van der Waals surface area contributed by atoms with Crippen molar-refractivity contribution in [1.82, 2.24) is 0 Å². The average molecular weight is 218 g/mol. The maximum absolute atomic E-state index is 10.5. The van der Waals surface area contributed by atoms with Crippen LogP contribution in [0.15, 0.2) is 24.3 Å². The summed E-state index contributed by atoms with van der Waals surface area (Å²) in [6.07, 6.45) is 4.08. The Morgan fingerprint density at radius 3 is 2.44 bits per heavy atom. The predicted molar refractivity (Wildman–Crippen MR) is 62.0 cm³/mol. The minimum absolute atomic E-state index is 0.0168. The SMILES string of the molecule is OC1CCC2(CC1)Cc1ccccc1[C@H]2O. The minimum atomic E-state index is -0.323. The molecule has 0 heterocycles. The highest BCUT2D eigenvalue weighted by molar-refractivity contribution is 5.37. The largest absolute Gasteiger partial charge is 0.393 e. The number of rotatable bonds is 0. The van der Waals surface area contributed by atoms with E-state index in [1.54, 1.807) is 0 Å². The molecular formula is C14H18O2. The van der Waals surface area contributed by atoms with Crippen LogP contribution in [0.4, 0.5) is 0 Å². The number of benzene rings is 1. The van der Waals surface area contributed by atoms with E-state index in [9.17, 15) is 10.2 Å². The molecule has 1 saturated carbocycles. The van der Waals surface area contributed by atoms with Crippen LogP contribution in [-0.2, 0) is 6.42 Å². The zero-order valence-electron chi connectivity index (χ0n) is 9.39. The molecule has 0 bridgehead atoms. The Balaban J connectivity index is 1.91. The van der Waals surface area contributed by atoms with Crippen LogP contribution in [0, 0.1) is 5.41 Å². The fraction of sp³-hybridized carbons (Fsp3) is 0.571. The molecule has 1 aromatic rings. The summed E-state index contributed by atoms with van der Waals surface area (Å²) in [6.45, 7) is 0. The second kappa shape index (κ2) is 3.57. The van der Waals surface area contributed by atoms with Crippen LogP contribution in [0.5, 0.6) is 0 Å². The molecule has 86 valence electrons. The third-order valence-corrected chi connectivity index (χ3v) is 4.42. The Bertz CT molecular complexity index is 391. The van der Waals surface area contributed by atoms with E-state index in [-0.39, 0.29) is 17.6 Å². The second-order valence-electron chi connectivity index (χ2n) is 5.37. The van der Waals surface area contributed by atoms with E-state index in [2.05, 4.69) is 6.07 Å². The predicted octanol–water partition coefficient (Wildman–Crippen LogP) is 2.20. The van der Waals surface area contributed by atoms with Gasteiger partial charge in [0, 0.05) is 5.41 Å². The van der Waals surface area contributed by atoms with Crippen LogP contribution < -0.4 is 0 Å². The van der Waals surface area contributed by atoms with E-state index in [4.69, 9.17) is 0 Å². The molecular weight excluding hydrogens is 200 g/mol. The molecule has 2 heteroatoms. The highest BCUT2D eigenvalue weighted by Crippen LogP contribution is 2.53. The summed E-state index contributed by atoms with van der Waals surface area (Å²) in [5.41, 5.74) is 2.42. The van der Waals surface area contributed by atoms with Gasteiger partial charge in [0.05, 0.1) is 12.2 Å². The third-order valence-electron chi connectivity index (χ3n) is 4.42. The van der Waals surface area contributed by atoms with Gasteiger partial charge in [-0.1, -0.05) is 24.3 Å². The van der Waals surface area contributed by atoms with Crippen molar-refractivity contribution in [1.29, 1.82) is 0 Å². The number of fused-ring (bicyclic) bond motifs is 1. The van der Waals surface area contributed by atoms with Crippen molar-refractivity contribution in [3.63, 3.8) is 0 Å². The molecule has 1 atom stereocenters. The van der Waals surface area contributed by atoms with Gasteiger partial charge >= 0.3 is 0 Å². The molecule has 0 radical (unpaired) electrons. The first-order valence-electron chi connectivity index (χ1n) is 6.15. The van der Waals surface area contributed by atoms with Gasteiger partial charge in [0.15, 0.2) is 0 Å². The van der Waals surface area contributed by atoms with Gasteiger partial charge in [0.1, 0.15) is 0 Å². The first-order valence-corrected chi connectivity index (χ1v) is 6.15. The molecule has 0 unspecified atom stereocenters. The molecule has 0 aromatic heterocycles. The Labute approximate surface area is 95.9 Å². The summed E-state index contributed by atoms with van der Waals surface area (Å²) in [7, 11) is 0. The summed E-state index contributed by atoms with van der Waals surface area (Å²) < 4.78 is 0. The Morgan fingerprint density at radius 2 is 1.75 bits per heavy atom. The van der Waals surface area contributed by atoms with Crippen LogP contribution in [0.2, 0.25) is 0 Å². The van der Waals surface area contributed by atoms with Crippen LogP contribution in [0.25, 0.3) is 0 Å². The van der Waals surface area contributed by atoms with Gasteiger partial charge in [-0.2, -0.15) is 0 Å². The molecule has 2 nitrogen and oxygen atoms in total. The minimum Gasteiger partial charge on any atom is -0.393 e. The topological polar surface area (TPSA) is 40.5 Å². The molecule has 16 heavy (non-hydrogen) atoms. The van der Waals surface area contributed by atoms with Crippen molar-refractivity contribution in [2.45, 2.75) is 44.3 Å². The van der Waals surface area contributed by atoms with Crippen LogP contribution in [0.3, 0.4) is 0 Å². The van der Waals surface area contributed by atoms with Gasteiger partial charge in [-0.3, -0.25) is 0 Å². The van der Waals surface area contributed by atoms with Gasteiger partial charge in [-0.15, -0.1) is 0 Å². The van der Waals surface area contributed by atoms with Crippen LogP contribution in [0.1, 0.15) is 42.9 Å². The highest BCUT2D eigenvalue weighted by atomic mass is 16.3. The summed E-state index contributed by atoms with van der Waals surface area (Å²) in [5.74, 6) is 0. The van der Waals surface area contributed by atoms with E-state index in [1.807, 2.05) is 18.2 Å². The van der Waals surface area contributed by atoms with Crippen LogP contribution in [-0.4, -0.2) is 16.3 Å². The third kappa shape index (κ3) is 1.40. The quantitative estimate of drug-likeness (QED) is 0.701. The van der Waals surface area contributed by atoms with Gasteiger partial charge < -0.3 is 10.2 Å². The monoisotopic (exact) mass is 218 g/mol. The van der Waals surface area contributed by atoms with Crippen molar-refractivity contribution in [2.24, 2.45) is 5.41 Å². The first kappa shape index (κ1) is 10.3. The summed E-state index contributed by atoms with van der Waals surface area (Å²) in [5, 5.41) is 20.0. The summed E-state index contributed by atoms with van der Waals surface area (Å²) in [4.78, 5) is 0. The molecule has 2 N–H and O–H groups in total. The molecule has 0 aliphatic heterocycles. The van der Waals surface area contributed by atoms with Crippen molar-refractivity contribution < 1.29 is 10.2 Å². The fourth-order valence-corrected chi connectivity index (χ4v) is 3.40. The zero-order chi connectivity index (χ0) is 11.2. The molecule has 1 fully saturated rings. The summed E-state index contributed by atoms with van der Waals surface area (Å²) in [6, 6.07) is 8.21. The first-order chi connectivity index (χ1) is 7.71. The Morgan fingerprint density at radius 1 is 1.06 bits per heavy atom. The average Bonchev–Trinajstić information content (AvgIpc) is 2.58. The van der Waals surface area contributed by atoms with Gasteiger partial charge in [-0.05, 0) is 43.2 Å².